The van der Waals surface area contributed by atoms with Crippen LogP contribution >= 0.6 is 0 Å². The predicted molar refractivity (Wildman–Crippen MR) is 122 cm³/mol. The molecule has 3 heterocycles. The van der Waals surface area contributed by atoms with Crippen molar-refractivity contribution in [3.05, 3.63) is 47.8 Å². The van der Waals surface area contributed by atoms with E-state index in [0.717, 1.165) is 56.5 Å². The maximum absolute atomic E-state index is 13.3. The number of carbonyl (C=O) groups excluding carboxylic acids is 2. The average molecular weight is 439 g/mol. The first kappa shape index (κ1) is 22.4. The average Bonchev–Trinajstić information content (AvgIpc) is 3.22. The van der Waals surface area contributed by atoms with Gasteiger partial charge < -0.3 is 15.0 Å². The van der Waals surface area contributed by atoms with Gasteiger partial charge in [-0.15, -0.1) is 0 Å². The van der Waals surface area contributed by atoms with Gasteiger partial charge in [0.2, 0.25) is 11.8 Å². The highest BCUT2D eigenvalue weighted by Gasteiger charge is 2.42. The van der Waals surface area contributed by atoms with Gasteiger partial charge in [-0.25, -0.2) is 0 Å². The van der Waals surface area contributed by atoms with Crippen molar-refractivity contribution < 1.29 is 14.3 Å². The van der Waals surface area contributed by atoms with Gasteiger partial charge in [-0.2, -0.15) is 5.10 Å². The summed E-state index contributed by atoms with van der Waals surface area (Å²) in [5, 5.41) is 7.37. The zero-order chi connectivity index (χ0) is 22.4. The van der Waals surface area contributed by atoms with E-state index in [2.05, 4.69) is 16.5 Å². The number of amides is 2. The van der Waals surface area contributed by atoms with E-state index in [1.54, 1.807) is 6.20 Å². The number of likely N-dealkylation sites (tertiary alicyclic amines) is 1. The summed E-state index contributed by atoms with van der Waals surface area (Å²) in [4.78, 5) is 28.2. The van der Waals surface area contributed by atoms with Crippen molar-refractivity contribution in [3.63, 3.8) is 0 Å². The number of nitrogens with one attached hydrogen (secondary N) is 1. The van der Waals surface area contributed by atoms with Crippen LogP contribution < -0.4 is 10.1 Å². The molecule has 1 atom stereocenters. The zero-order valence-electron chi connectivity index (χ0n) is 19.0. The molecule has 0 aliphatic carbocycles. The number of para-hydroxylation sites is 1. The molecule has 2 aliphatic heterocycles. The first-order chi connectivity index (χ1) is 15.6. The summed E-state index contributed by atoms with van der Waals surface area (Å²) >= 11 is 0. The number of fused-ring (bicyclic) bond motifs is 1. The molecule has 2 amide bonds. The Bertz CT molecular complexity index is 941. The number of aromatic nitrogens is 2. The summed E-state index contributed by atoms with van der Waals surface area (Å²) in [6, 6.07) is 10.1. The molecule has 2 aromatic rings. The van der Waals surface area contributed by atoms with E-state index >= 15 is 0 Å². The van der Waals surface area contributed by atoms with E-state index in [1.165, 1.54) is 5.56 Å². The lowest BCUT2D eigenvalue weighted by Gasteiger charge is -2.42. The molecule has 1 aromatic heterocycles. The van der Waals surface area contributed by atoms with E-state index in [9.17, 15) is 9.59 Å². The fourth-order valence-corrected chi connectivity index (χ4v) is 4.98. The first-order valence-electron chi connectivity index (χ1n) is 11.8. The Morgan fingerprint density at radius 3 is 2.88 bits per heavy atom. The van der Waals surface area contributed by atoms with Gasteiger partial charge in [0.15, 0.2) is 0 Å². The standard InChI is InChI=1S/C25H34N4O3/c1-20-10-14-27-29(20)17-11-23(30)28-16-6-13-25(19-28)12-5-4-8-21-7-2-3-9-22(21)32-18-15-26-24(25)31/h2-3,7,9-10,14H,4-6,8,11-13,15-19H2,1H3,(H,26,31). The van der Waals surface area contributed by atoms with E-state index in [-0.39, 0.29) is 11.8 Å². The number of carbonyl (C=O) groups is 2. The van der Waals surface area contributed by atoms with Crippen molar-refractivity contribution in [2.24, 2.45) is 5.41 Å². The van der Waals surface area contributed by atoms with Gasteiger partial charge in [0.1, 0.15) is 12.4 Å². The Morgan fingerprint density at radius 2 is 2.03 bits per heavy atom. The summed E-state index contributed by atoms with van der Waals surface area (Å²) in [7, 11) is 0. The maximum Gasteiger partial charge on any atom is 0.228 e. The van der Waals surface area contributed by atoms with Crippen LogP contribution in [0, 0.1) is 12.3 Å². The molecule has 32 heavy (non-hydrogen) atoms. The third-order valence-corrected chi connectivity index (χ3v) is 6.85. The van der Waals surface area contributed by atoms with Crippen LogP contribution in [0.4, 0.5) is 0 Å². The summed E-state index contributed by atoms with van der Waals surface area (Å²) in [5.41, 5.74) is 1.77. The molecule has 2 aliphatic rings. The first-order valence-corrected chi connectivity index (χ1v) is 11.8. The molecule has 1 N–H and O–H groups in total. The molecule has 1 spiro atoms. The fourth-order valence-electron chi connectivity index (χ4n) is 4.98. The predicted octanol–water partition coefficient (Wildman–Crippen LogP) is 3.11. The van der Waals surface area contributed by atoms with Gasteiger partial charge >= 0.3 is 0 Å². The summed E-state index contributed by atoms with van der Waals surface area (Å²) in [6.45, 7) is 4.72. The summed E-state index contributed by atoms with van der Waals surface area (Å²) < 4.78 is 7.79. The molecule has 0 radical (unpaired) electrons. The minimum atomic E-state index is -0.506. The minimum absolute atomic E-state index is 0.0652. The van der Waals surface area contributed by atoms with Crippen LogP contribution in [0.5, 0.6) is 5.75 Å². The van der Waals surface area contributed by atoms with Crippen LogP contribution in [0.3, 0.4) is 0 Å². The van der Waals surface area contributed by atoms with Crippen molar-refractivity contribution >= 4 is 11.8 Å². The monoisotopic (exact) mass is 438 g/mol. The molecule has 4 rings (SSSR count). The molecule has 7 nitrogen and oxygen atoms in total. The van der Waals surface area contributed by atoms with Crippen LogP contribution in [0.1, 0.15) is 49.8 Å². The molecule has 1 fully saturated rings. The number of hydrogen-bond acceptors (Lipinski definition) is 4. The van der Waals surface area contributed by atoms with E-state index in [1.807, 2.05) is 40.8 Å². The minimum Gasteiger partial charge on any atom is -0.491 e. The van der Waals surface area contributed by atoms with Crippen LogP contribution in [0.15, 0.2) is 36.5 Å². The molecule has 7 heteroatoms. The largest absolute Gasteiger partial charge is 0.491 e. The normalized spacial score (nSPS) is 22.3. The lowest BCUT2D eigenvalue weighted by atomic mass is 9.74. The lowest BCUT2D eigenvalue weighted by Crippen LogP contribution is -2.54. The second kappa shape index (κ2) is 10.2. The number of ether oxygens (including phenoxy) is 1. The Balaban J connectivity index is 1.41. The SMILES string of the molecule is Cc1ccnn1CCC(=O)N1CCCC2(CCCCc3ccccc3OCCNC2=O)C1. The molecular formula is C25H34N4O3. The zero-order valence-corrected chi connectivity index (χ0v) is 19.0. The van der Waals surface area contributed by atoms with Gasteiger partial charge in [0.05, 0.1) is 12.0 Å². The fraction of sp³-hybridized carbons (Fsp3) is 0.560. The Kier molecular flexibility index (Phi) is 7.12. The number of aryl methyl sites for hydroxylation is 3. The van der Waals surface area contributed by atoms with Gasteiger partial charge in [-0.1, -0.05) is 24.6 Å². The topological polar surface area (TPSA) is 76.5 Å². The van der Waals surface area contributed by atoms with E-state index in [4.69, 9.17) is 4.74 Å². The van der Waals surface area contributed by atoms with Crippen molar-refractivity contribution in [2.75, 3.05) is 26.2 Å². The van der Waals surface area contributed by atoms with Gasteiger partial charge in [-0.3, -0.25) is 14.3 Å². The molecule has 1 aromatic carbocycles. The van der Waals surface area contributed by atoms with Crippen LogP contribution in [0.2, 0.25) is 0 Å². The number of hydrogen-bond donors (Lipinski definition) is 1. The summed E-state index contributed by atoms with van der Waals surface area (Å²) in [6.07, 6.45) is 7.57. The number of piperidine rings is 1. The van der Waals surface area contributed by atoms with E-state index in [0.29, 0.717) is 32.7 Å². The van der Waals surface area contributed by atoms with Gasteiger partial charge in [0.25, 0.3) is 0 Å². The van der Waals surface area contributed by atoms with Crippen molar-refractivity contribution in [3.8, 4) is 5.75 Å². The highest BCUT2D eigenvalue weighted by molar-refractivity contribution is 5.84. The lowest BCUT2D eigenvalue weighted by molar-refractivity contribution is -0.142. The van der Waals surface area contributed by atoms with Crippen LogP contribution in [-0.4, -0.2) is 52.7 Å². The summed E-state index contributed by atoms with van der Waals surface area (Å²) in [5.74, 6) is 1.09. The molecule has 0 bridgehead atoms. The Labute approximate surface area is 190 Å². The third-order valence-electron chi connectivity index (χ3n) is 6.85. The Hall–Kier alpha value is -2.83. The molecule has 1 saturated heterocycles. The number of nitrogens with zero attached hydrogens (tertiary/aromatic N) is 3. The van der Waals surface area contributed by atoms with Crippen molar-refractivity contribution in [1.82, 2.24) is 20.0 Å². The highest BCUT2D eigenvalue weighted by atomic mass is 16.5. The van der Waals surface area contributed by atoms with Crippen LogP contribution in [0.25, 0.3) is 0 Å². The second-order valence-electron chi connectivity index (χ2n) is 9.06. The Morgan fingerprint density at radius 1 is 1.19 bits per heavy atom. The highest BCUT2D eigenvalue weighted by Crippen LogP contribution is 2.36. The van der Waals surface area contributed by atoms with E-state index < -0.39 is 5.41 Å². The molecule has 172 valence electrons. The molecule has 0 saturated carbocycles. The third kappa shape index (κ3) is 5.14. The van der Waals surface area contributed by atoms with Crippen LogP contribution in [-0.2, 0) is 22.6 Å². The van der Waals surface area contributed by atoms with Gasteiger partial charge in [-0.05, 0) is 56.7 Å². The smallest absolute Gasteiger partial charge is 0.228 e. The molecular weight excluding hydrogens is 404 g/mol. The van der Waals surface area contributed by atoms with Crippen molar-refractivity contribution in [2.45, 2.75) is 58.4 Å². The number of benzene rings is 1. The quantitative estimate of drug-likeness (QED) is 0.799. The second-order valence-corrected chi connectivity index (χ2v) is 9.06. The van der Waals surface area contributed by atoms with Gasteiger partial charge in [0, 0.05) is 37.9 Å². The maximum atomic E-state index is 13.3. The molecule has 1 unspecified atom stereocenters. The van der Waals surface area contributed by atoms with Crippen molar-refractivity contribution in [1.29, 1.82) is 0 Å². The number of rotatable bonds is 3.